The Morgan fingerprint density at radius 1 is 1.37 bits per heavy atom. The molecular weight excluding hydrogens is 352 g/mol. The van der Waals surface area contributed by atoms with Crippen LogP contribution in [0.25, 0.3) is 0 Å². The zero-order chi connectivity index (χ0) is 13.8. The molecule has 0 spiro atoms. The number of nitro benzene ring substituents is 1. The van der Waals surface area contributed by atoms with Crippen LogP contribution < -0.4 is 0 Å². The predicted octanol–water partition coefficient (Wildman–Crippen LogP) is 4.70. The fourth-order valence-electron chi connectivity index (χ4n) is 1.39. The van der Waals surface area contributed by atoms with Crippen molar-refractivity contribution in [2.75, 3.05) is 0 Å². The summed E-state index contributed by atoms with van der Waals surface area (Å²) >= 11 is 10.6. The summed E-state index contributed by atoms with van der Waals surface area (Å²) in [6.07, 6.45) is 1.71. The monoisotopic (exact) mass is 358 g/mol. The van der Waals surface area contributed by atoms with E-state index in [1.54, 1.807) is 18.3 Å². The zero-order valence-electron chi connectivity index (χ0n) is 9.55. The van der Waals surface area contributed by atoms with Gasteiger partial charge in [0.25, 0.3) is 5.69 Å². The van der Waals surface area contributed by atoms with Crippen LogP contribution in [-0.4, -0.2) is 9.91 Å². The SMILES string of the molecule is O=[N+]([O-])c1cc(CSc2ccc(Br)cn2)ccc1Cl. The molecule has 98 valence electrons. The van der Waals surface area contributed by atoms with Crippen molar-refractivity contribution < 1.29 is 4.92 Å². The van der Waals surface area contributed by atoms with Gasteiger partial charge in [0.05, 0.1) is 9.95 Å². The van der Waals surface area contributed by atoms with Crippen LogP contribution >= 0.6 is 39.3 Å². The second-order valence-electron chi connectivity index (χ2n) is 3.65. The molecule has 0 unspecified atom stereocenters. The van der Waals surface area contributed by atoms with Crippen molar-refractivity contribution in [2.24, 2.45) is 0 Å². The van der Waals surface area contributed by atoms with Gasteiger partial charge in [-0.05, 0) is 39.7 Å². The van der Waals surface area contributed by atoms with Crippen LogP contribution in [0.3, 0.4) is 0 Å². The first-order valence-corrected chi connectivity index (χ1v) is 7.39. The molecule has 0 radical (unpaired) electrons. The fraction of sp³-hybridized carbons (Fsp3) is 0.0833. The smallest absolute Gasteiger partial charge is 0.258 e. The molecule has 4 nitrogen and oxygen atoms in total. The number of hydrogen-bond donors (Lipinski definition) is 0. The third-order valence-electron chi connectivity index (χ3n) is 2.29. The quantitative estimate of drug-likeness (QED) is 0.451. The van der Waals surface area contributed by atoms with Crippen molar-refractivity contribution >= 4 is 45.0 Å². The lowest BCUT2D eigenvalue weighted by Crippen LogP contribution is -1.91. The molecule has 2 rings (SSSR count). The standard InChI is InChI=1S/C12H8BrClN2O2S/c13-9-2-4-12(15-6-9)19-7-8-1-3-10(14)11(5-8)16(17)18/h1-6H,7H2. The highest BCUT2D eigenvalue weighted by molar-refractivity contribution is 9.10. The van der Waals surface area contributed by atoms with Crippen LogP contribution in [0.5, 0.6) is 0 Å². The van der Waals surface area contributed by atoms with Crippen molar-refractivity contribution in [2.45, 2.75) is 10.8 Å². The molecule has 0 saturated heterocycles. The third kappa shape index (κ3) is 3.92. The summed E-state index contributed by atoms with van der Waals surface area (Å²) in [6.45, 7) is 0. The lowest BCUT2D eigenvalue weighted by atomic mass is 10.2. The van der Waals surface area contributed by atoms with Gasteiger partial charge < -0.3 is 0 Å². The molecule has 1 heterocycles. The number of pyridine rings is 1. The van der Waals surface area contributed by atoms with Crippen molar-refractivity contribution in [1.82, 2.24) is 4.98 Å². The minimum Gasteiger partial charge on any atom is -0.258 e. The van der Waals surface area contributed by atoms with Gasteiger partial charge in [-0.15, -0.1) is 11.8 Å². The highest BCUT2D eigenvalue weighted by Gasteiger charge is 2.12. The van der Waals surface area contributed by atoms with E-state index in [0.717, 1.165) is 15.1 Å². The lowest BCUT2D eigenvalue weighted by molar-refractivity contribution is -0.384. The number of rotatable bonds is 4. The summed E-state index contributed by atoms with van der Waals surface area (Å²) in [5.41, 5.74) is 0.773. The summed E-state index contributed by atoms with van der Waals surface area (Å²) in [6, 6.07) is 8.61. The number of nitro groups is 1. The van der Waals surface area contributed by atoms with E-state index in [0.29, 0.717) is 5.75 Å². The van der Waals surface area contributed by atoms with Crippen molar-refractivity contribution in [3.63, 3.8) is 0 Å². The maximum atomic E-state index is 10.8. The molecule has 7 heteroatoms. The summed E-state index contributed by atoms with van der Waals surface area (Å²) in [5, 5.41) is 11.8. The number of thioether (sulfide) groups is 1. The molecule has 1 aromatic carbocycles. The summed E-state index contributed by atoms with van der Waals surface area (Å²) in [7, 11) is 0. The van der Waals surface area contributed by atoms with Crippen LogP contribution in [0.4, 0.5) is 5.69 Å². The first-order valence-electron chi connectivity index (χ1n) is 5.23. The van der Waals surface area contributed by atoms with Gasteiger partial charge in [-0.1, -0.05) is 17.7 Å². The fourth-order valence-corrected chi connectivity index (χ4v) is 2.60. The summed E-state index contributed by atoms with van der Waals surface area (Å²) in [5.74, 6) is 0.604. The topological polar surface area (TPSA) is 56.0 Å². The zero-order valence-corrected chi connectivity index (χ0v) is 12.7. The van der Waals surface area contributed by atoms with E-state index in [-0.39, 0.29) is 10.7 Å². The second-order valence-corrected chi connectivity index (χ2v) is 5.96. The first-order chi connectivity index (χ1) is 9.06. The Hall–Kier alpha value is -1.11. The lowest BCUT2D eigenvalue weighted by Gasteiger charge is -2.02. The molecule has 19 heavy (non-hydrogen) atoms. The van der Waals surface area contributed by atoms with Gasteiger partial charge in [-0.2, -0.15) is 0 Å². The first kappa shape index (κ1) is 14.3. The van der Waals surface area contributed by atoms with Crippen LogP contribution in [0, 0.1) is 10.1 Å². The van der Waals surface area contributed by atoms with E-state index < -0.39 is 4.92 Å². The Bertz CT molecular complexity index is 607. The molecule has 0 aliphatic carbocycles. The van der Waals surface area contributed by atoms with E-state index in [2.05, 4.69) is 20.9 Å². The number of halogens is 2. The van der Waals surface area contributed by atoms with Crippen LogP contribution in [-0.2, 0) is 5.75 Å². The van der Waals surface area contributed by atoms with Crippen LogP contribution in [0.1, 0.15) is 5.56 Å². The number of aromatic nitrogens is 1. The molecule has 0 N–H and O–H groups in total. The Kier molecular flexibility index (Phi) is 4.79. The second kappa shape index (κ2) is 6.36. The Morgan fingerprint density at radius 3 is 2.79 bits per heavy atom. The number of nitrogens with zero attached hydrogens (tertiary/aromatic N) is 2. The van der Waals surface area contributed by atoms with Gasteiger partial charge in [-0.3, -0.25) is 10.1 Å². The molecular formula is C12H8BrClN2O2S. The predicted molar refractivity (Wildman–Crippen MR) is 79.6 cm³/mol. The Balaban J connectivity index is 2.09. The maximum absolute atomic E-state index is 10.8. The highest BCUT2D eigenvalue weighted by Crippen LogP contribution is 2.28. The van der Waals surface area contributed by atoms with E-state index >= 15 is 0 Å². The van der Waals surface area contributed by atoms with Gasteiger partial charge in [0.1, 0.15) is 5.02 Å². The minimum absolute atomic E-state index is 0.0662. The molecule has 0 aliphatic rings. The molecule has 1 aromatic heterocycles. The van der Waals surface area contributed by atoms with Crippen LogP contribution in [0.15, 0.2) is 46.0 Å². The highest BCUT2D eigenvalue weighted by atomic mass is 79.9. The van der Waals surface area contributed by atoms with E-state index in [9.17, 15) is 10.1 Å². The minimum atomic E-state index is -0.478. The summed E-state index contributed by atoms with van der Waals surface area (Å²) < 4.78 is 0.916. The van der Waals surface area contributed by atoms with Crippen molar-refractivity contribution in [3.05, 3.63) is 61.7 Å². The average molecular weight is 360 g/mol. The van der Waals surface area contributed by atoms with Crippen molar-refractivity contribution in [1.29, 1.82) is 0 Å². The van der Waals surface area contributed by atoms with Crippen molar-refractivity contribution in [3.8, 4) is 0 Å². The number of hydrogen-bond acceptors (Lipinski definition) is 4. The molecule has 0 aliphatic heterocycles. The van der Waals surface area contributed by atoms with E-state index in [1.807, 2.05) is 12.1 Å². The molecule has 0 fully saturated rings. The van der Waals surface area contributed by atoms with Gasteiger partial charge in [0, 0.05) is 22.5 Å². The molecule has 0 bridgehead atoms. The molecule has 0 atom stereocenters. The Morgan fingerprint density at radius 2 is 2.16 bits per heavy atom. The molecule has 0 saturated carbocycles. The van der Waals surface area contributed by atoms with Gasteiger partial charge >= 0.3 is 0 Å². The van der Waals surface area contributed by atoms with Crippen LogP contribution in [0.2, 0.25) is 5.02 Å². The summed E-state index contributed by atoms with van der Waals surface area (Å²) in [4.78, 5) is 14.5. The van der Waals surface area contributed by atoms with E-state index in [1.165, 1.54) is 17.8 Å². The van der Waals surface area contributed by atoms with E-state index in [4.69, 9.17) is 11.6 Å². The normalized spacial score (nSPS) is 10.4. The molecule has 0 amide bonds. The van der Waals surface area contributed by atoms with Gasteiger partial charge in [-0.25, -0.2) is 4.98 Å². The maximum Gasteiger partial charge on any atom is 0.288 e. The third-order valence-corrected chi connectivity index (χ3v) is 4.10. The average Bonchev–Trinajstić information content (AvgIpc) is 2.39. The van der Waals surface area contributed by atoms with Gasteiger partial charge in [0.2, 0.25) is 0 Å². The molecule has 2 aromatic rings. The largest absolute Gasteiger partial charge is 0.288 e. The number of benzene rings is 1. The van der Waals surface area contributed by atoms with Gasteiger partial charge in [0.15, 0.2) is 0 Å². The Labute approximate surface area is 127 Å².